The molecule has 0 aromatic heterocycles. The summed E-state index contributed by atoms with van der Waals surface area (Å²) in [5, 5.41) is 8.87. The summed E-state index contributed by atoms with van der Waals surface area (Å²) in [5.41, 5.74) is 0. The molecule has 2 saturated heterocycles. The molecule has 0 aromatic rings. The summed E-state index contributed by atoms with van der Waals surface area (Å²) in [4.78, 5) is 5.26. The fourth-order valence-corrected chi connectivity index (χ4v) is 3.54. The summed E-state index contributed by atoms with van der Waals surface area (Å²) < 4.78 is 0. The second kappa shape index (κ2) is 7.11. The highest BCUT2D eigenvalue weighted by Gasteiger charge is 2.27. The minimum absolute atomic E-state index is 0.498. The number of piperidine rings is 2. The molecule has 2 heterocycles. The van der Waals surface area contributed by atoms with Gasteiger partial charge in [0.15, 0.2) is 0 Å². The Kier molecular flexibility index (Phi) is 5.46. The summed E-state index contributed by atoms with van der Waals surface area (Å²) in [6.45, 7) is 7.24. The Labute approximate surface area is 112 Å². The Morgan fingerprint density at radius 3 is 2.33 bits per heavy atom. The second-order valence-corrected chi connectivity index (χ2v) is 5.79. The van der Waals surface area contributed by atoms with Gasteiger partial charge in [0.25, 0.3) is 0 Å². The number of likely N-dealkylation sites (tertiary alicyclic amines) is 2. The minimum Gasteiger partial charge on any atom is -0.300 e. The van der Waals surface area contributed by atoms with Gasteiger partial charge < -0.3 is 4.90 Å². The van der Waals surface area contributed by atoms with E-state index in [1.165, 1.54) is 58.3 Å². The standard InChI is InChI=1S/C15H27N3/c1-2-14(6-9-16)18-12-7-15(8-13-18)17-10-4-3-5-11-17/h14-15H,2-8,10-13H2,1H3. The molecule has 3 nitrogen and oxygen atoms in total. The molecule has 18 heavy (non-hydrogen) atoms. The average Bonchev–Trinajstić information content (AvgIpc) is 2.46. The van der Waals surface area contributed by atoms with E-state index in [9.17, 15) is 0 Å². The first-order valence-corrected chi connectivity index (χ1v) is 7.70. The van der Waals surface area contributed by atoms with Crippen molar-refractivity contribution in [2.45, 2.75) is 64.0 Å². The van der Waals surface area contributed by atoms with Gasteiger partial charge in [-0.05, 0) is 58.3 Å². The first-order chi connectivity index (χ1) is 8.85. The molecule has 0 N–H and O–H groups in total. The number of hydrogen-bond acceptors (Lipinski definition) is 3. The van der Waals surface area contributed by atoms with Gasteiger partial charge in [0.2, 0.25) is 0 Å². The zero-order valence-corrected chi connectivity index (χ0v) is 11.8. The fourth-order valence-electron chi connectivity index (χ4n) is 3.54. The minimum atomic E-state index is 0.498. The van der Waals surface area contributed by atoms with Crippen molar-refractivity contribution in [2.75, 3.05) is 26.2 Å². The maximum absolute atomic E-state index is 8.87. The monoisotopic (exact) mass is 249 g/mol. The van der Waals surface area contributed by atoms with Crippen LogP contribution in [0.1, 0.15) is 51.9 Å². The summed E-state index contributed by atoms with van der Waals surface area (Å²) in [5.74, 6) is 0. The quantitative estimate of drug-likeness (QED) is 0.767. The lowest BCUT2D eigenvalue weighted by atomic mass is 9.97. The number of rotatable bonds is 4. The molecule has 0 spiro atoms. The average molecular weight is 249 g/mol. The molecular formula is C15H27N3. The Balaban J connectivity index is 1.78. The lowest BCUT2D eigenvalue weighted by Crippen LogP contribution is -2.49. The smallest absolute Gasteiger partial charge is 0.0638 e. The van der Waals surface area contributed by atoms with Crippen LogP contribution in [0.15, 0.2) is 0 Å². The van der Waals surface area contributed by atoms with Crippen LogP contribution in [0.4, 0.5) is 0 Å². The molecule has 0 aliphatic carbocycles. The van der Waals surface area contributed by atoms with E-state index in [1.54, 1.807) is 0 Å². The van der Waals surface area contributed by atoms with E-state index in [1.807, 2.05) is 0 Å². The first-order valence-electron chi connectivity index (χ1n) is 7.70. The molecule has 2 aliphatic rings. The van der Waals surface area contributed by atoms with Crippen LogP contribution in [-0.4, -0.2) is 48.1 Å². The van der Waals surface area contributed by atoms with E-state index in [4.69, 9.17) is 5.26 Å². The summed E-state index contributed by atoms with van der Waals surface area (Å²) in [6, 6.07) is 3.66. The van der Waals surface area contributed by atoms with Crippen molar-refractivity contribution < 1.29 is 0 Å². The van der Waals surface area contributed by atoms with Crippen LogP contribution < -0.4 is 0 Å². The van der Waals surface area contributed by atoms with Crippen LogP contribution in [0.2, 0.25) is 0 Å². The SMILES string of the molecule is CCC(CC#N)N1CCC(N2CCCCC2)CC1. The van der Waals surface area contributed by atoms with E-state index in [0.717, 1.165) is 12.5 Å². The van der Waals surface area contributed by atoms with Crippen LogP contribution >= 0.6 is 0 Å². The number of hydrogen-bond donors (Lipinski definition) is 0. The Morgan fingerprint density at radius 1 is 1.11 bits per heavy atom. The maximum atomic E-state index is 8.87. The van der Waals surface area contributed by atoms with Crippen LogP contribution in [0.5, 0.6) is 0 Å². The molecule has 2 aliphatic heterocycles. The number of nitriles is 1. The zero-order chi connectivity index (χ0) is 12.8. The molecule has 0 radical (unpaired) electrons. The molecule has 0 saturated carbocycles. The van der Waals surface area contributed by atoms with Gasteiger partial charge >= 0.3 is 0 Å². The lowest BCUT2D eigenvalue weighted by molar-refractivity contribution is 0.0719. The molecule has 2 rings (SSSR count). The van der Waals surface area contributed by atoms with E-state index >= 15 is 0 Å². The van der Waals surface area contributed by atoms with Crippen molar-refractivity contribution >= 4 is 0 Å². The highest BCUT2D eigenvalue weighted by molar-refractivity contribution is 4.87. The van der Waals surface area contributed by atoms with Crippen molar-refractivity contribution in [2.24, 2.45) is 0 Å². The van der Waals surface area contributed by atoms with Crippen LogP contribution in [0.3, 0.4) is 0 Å². The highest BCUT2D eigenvalue weighted by atomic mass is 15.2. The Morgan fingerprint density at radius 2 is 1.78 bits per heavy atom. The van der Waals surface area contributed by atoms with Crippen molar-refractivity contribution in [3.05, 3.63) is 0 Å². The number of nitrogens with zero attached hydrogens (tertiary/aromatic N) is 3. The third-order valence-electron chi connectivity index (χ3n) is 4.72. The van der Waals surface area contributed by atoms with Gasteiger partial charge in [0.05, 0.1) is 12.5 Å². The Bertz CT molecular complexity index is 270. The largest absolute Gasteiger partial charge is 0.300 e. The van der Waals surface area contributed by atoms with Crippen molar-refractivity contribution in [3.8, 4) is 6.07 Å². The third-order valence-corrected chi connectivity index (χ3v) is 4.72. The molecule has 3 heteroatoms. The van der Waals surface area contributed by atoms with Crippen LogP contribution in [0.25, 0.3) is 0 Å². The maximum Gasteiger partial charge on any atom is 0.0638 e. The molecular weight excluding hydrogens is 222 g/mol. The van der Waals surface area contributed by atoms with Crippen LogP contribution in [0, 0.1) is 11.3 Å². The molecule has 1 unspecified atom stereocenters. The van der Waals surface area contributed by atoms with Gasteiger partial charge in [0, 0.05) is 12.1 Å². The highest BCUT2D eigenvalue weighted by Crippen LogP contribution is 2.23. The van der Waals surface area contributed by atoms with Gasteiger partial charge in [-0.3, -0.25) is 4.90 Å². The molecule has 0 aromatic carbocycles. The summed E-state index contributed by atoms with van der Waals surface area (Å²) in [7, 11) is 0. The van der Waals surface area contributed by atoms with E-state index in [0.29, 0.717) is 12.5 Å². The molecule has 2 fully saturated rings. The van der Waals surface area contributed by atoms with E-state index < -0.39 is 0 Å². The van der Waals surface area contributed by atoms with Crippen molar-refractivity contribution in [3.63, 3.8) is 0 Å². The summed E-state index contributed by atoms with van der Waals surface area (Å²) >= 11 is 0. The normalized spacial score (nSPS) is 25.8. The topological polar surface area (TPSA) is 30.3 Å². The van der Waals surface area contributed by atoms with E-state index in [-0.39, 0.29) is 0 Å². The second-order valence-electron chi connectivity index (χ2n) is 5.79. The van der Waals surface area contributed by atoms with Crippen molar-refractivity contribution in [1.29, 1.82) is 5.26 Å². The fraction of sp³-hybridized carbons (Fsp3) is 0.933. The van der Waals surface area contributed by atoms with Crippen LogP contribution in [-0.2, 0) is 0 Å². The lowest BCUT2D eigenvalue weighted by Gasteiger charge is -2.42. The van der Waals surface area contributed by atoms with Gasteiger partial charge in [-0.1, -0.05) is 13.3 Å². The van der Waals surface area contributed by atoms with Gasteiger partial charge in [-0.2, -0.15) is 5.26 Å². The summed E-state index contributed by atoms with van der Waals surface area (Å²) in [6.07, 6.45) is 8.64. The first kappa shape index (κ1) is 13.8. The predicted octanol–water partition coefficient (Wildman–Crippen LogP) is 2.63. The third kappa shape index (κ3) is 3.46. The van der Waals surface area contributed by atoms with E-state index in [2.05, 4.69) is 22.8 Å². The van der Waals surface area contributed by atoms with Gasteiger partial charge in [-0.25, -0.2) is 0 Å². The molecule has 1 atom stereocenters. The molecule has 102 valence electrons. The molecule has 0 amide bonds. The molecule has 0 bridgehead atoms. The Hall–Kier alpha value is -0.590. The van der Waals surface area contributed by atoms with Gasteiger partial charge in [-0.15, -0.1) is 0 Å². The van der Waals surface area contributed by atoms with Gasteiger partial charge in [0.1, 0.15) is 0 Å². The zero-order valence-electron chi connectivity index (χ0n) is 11.8. The predicted molar refractivity (Wildman–Crippen MR) is 74.3 cm³/mol. The van der Waals surface area contributed by atoms with Crippen molar-refractivity contribution in [1.82, 2.24) is 9.80 Å².